The number of quaternary nitrogens is 1. The highest BCUT2D eigenvalue weighted by atomic mass is 16.5. The zero-order valence-corrected chi connectivity index (χ0v) is 17.0. The van der Waals surface area contributed by atoms with Crippen LogP contribution in [0.1, 0.15) is 34.8 Å². The number of benzene rings is 2. The Morgan fingerprint density at radius 3 is 2.62 bits per heavy atom. The molecular weight excluding hydrogens is 372 g/mol. The van der Waals surface area contributed by atoms with Gasteiger partial charge in [-0.15, -0.1) is 0 Å². The van der Waals surface area contributed by atoms with Gasteiger partial charge in [0.25, 0.3) is 5.91 Å². The fourth-order valence-electron chi connectivity index (χ4n) is 3.89. The van der Waals surface area contributed by atoms with Crippen LogP contribution in [0.2, 0.25) is 0 Å². The van der Waals surface area contributed by atoms with Crippen LogP contribution < -0.4 is 19.7 Å². The van der Waals surface area contributed by atoms with Crippen molar-refractivity contribution in [1.82, 2.24) is 0 Å². The smallest absolute Gasteiger partial charge is 0.339 e. The predicted molar refractivity (Wildman–Crippen MR) is 109 cm³/mol. The number of nitrogens with one attached hydrogen (secondary N) is 2. The molecule has 1 amide bonds. The van der Waals surface area contributed by atoms with Gasteiger partial charge in [0.2, 0.25) is 0 Å². The largest absolute Gasteiger partial charge is 0.497 e. The van der Waals surface area contributed by atoms with Crippen LogP contribution in [-0.4, -0.2) is 46.3 Å². The van der Waals surface area contributed by atoms with E-state index in [0.717, 1.165) is 36.4 Å². The van der Waals surface area contributed by atoms with Crippen LogP contribution in [0.4, 0.5) is 5.69 Å². The zero-order valence-electron chi connectivity index (χ0n) is 17.0. The van der Waals surface area contributed by atoms with Crippen LogP contribution in [0, 0.1) is 0 Å². The Kier molecular flexibility index (Phi) is 6.72. The third-order valence-corrected chi connectivity index (χ3v) is 5.29. The Morgan fingerprint density at radius 1 is 1.10 bits per heavy atom. The van der Waals surface area contributed by atoms with E-state index in [0.29, 0.717) is 17.8 Å². The number of methoxy groups -OCH3 is 3. The highest BCUT2D eigenvalue weighted by molar-refractivity contribution is 6.01. The van der Waals surface area contributed by atoms with E-state index in [-0.39, 0.29) is 11.9 Å². The number of rotatable bonds is 7. The second-order valence-corrected chi connectivity index (χ2v) is 6.97. The predicted octanol–water partition coefficient (Wildman–Crippen LogP) is 1.85. The van der Waals surface area contributed by atoms with Crippen molar-refractivity contribution in [3.05, 3.63) is 53.6 Å². The van der Waals surface area contributed by atoms with Gasteiger partial charge >= 0.3 is 5.97 Å². The first-order valence-electron chi connectivity index (χ1n) is 9.61. The number of hydrogen-bond acceptors (Lipinski definition) is 5. The quantitative estimate of drug-likeness (QED) is 0.695. The first-order chi connectivity index (χ1) is 14.1. The van der Waals surface area contributed by atoms with Gasteiger partial charge in [0.1, 0.15) is 17.5 Å². The average Bonchev–Trinajstić information content (AvgIpc) is 3.20. The van der Waals surface area contributed by atoms with E-state index in [1.54, 1.807) is 38.5 Å². The summed E-state index contributed by atoms with van der Waals surface area (Å²) in [4.78, 5) is 25.8. The summed E-state index contributed by atoms with van der Waals surface area (Å²) in [6.07, 6.45) is 2.01. The molecule has 0 spiro atoms. The third-order valence-electron chi connectivity index (χ3n) is 5.29. The molecule has 29 heavy (non-hydrogen) atoms. The molecule has 154 valence electrons. The molecule has 2 N–H and O–H groups in total. The molecule has 0 aliphatic carbocycles. The summed E-state index contributed by atoms with van der Waals surface area (Å²) in [5, 5.41) is 2.86. The van der Waals surface area contributed by atoms with Crippen LogP contribution in [0.15, 0.2) is 42.5 Å². The average molecular weight is 399 g/mol. The summed E-state index contributed by atoms with van der Waals surface area (Å²) in [5.41, 5.74) is 1.87. The first kappa shape index (κ1) is 20.7. The normalized spacial score (nSPS) is 18.2. The number of carbonyl (C=O) groups is 2. The number of amides is 1. The van der Waals surface area contributed by atoms with Crippen molar-refractivity contribution in [2.24, 2.45) is 0 Å². The van der Waals surface area contributed by atoms with E-state index < -0.39 is 5.97 Å². The molecule has 3 rings (SSSR count). The van der Waals surface area contributed by atoms with Crippen LogP contribution in [0.3, 0.4) is 0 Å². The van der Waals surface area contributed by atoms with E-state index in [1.807, 2.05) is 18.2 Å². The fourth-order valence-corrected chi connectivity index (χ4v) is 3.89. The number of likely N-dealkylation sites (tertiary alicyclic amines) is 1. The lowest BCUT2D eigenvalue weighted by Gasteiger charge is -2.23. The van der Waals surface area contributed by atoms with Crippen molar-refractivity contribution in [2.45, 2.75) is 18.9 Å². The third kappa shape index (κ3) is 4.68. The second-order valence-electron chi connectivity index (χ2n) is 6.97. The molecule has 0 saturated carbocycles. The van der Waals surface area contributed by atoms with E-state index in [4.69, 9.17) is 14.2 Å². The minimum absolute atomic E-state index is 0.143. The molecule has 0 radical (unpaired) electrons. The summed E-state index contributed by atoms with van der Waals surface area (Å²) in [6, 6.07) is 12.8. The summed E-state index contributed by atoms with van der Waals surface area (Å²) in [6.45, 7) is 1.20. The lowest BCUT2D eigenvalue weighted by atomic mass is 10.0. The van der Waals surface area contributed by atoms with E-state index in [9.17, 15) is 9.59 Å². The number of anilines is 1. The second kappa shape index (κ2) is 9.43. The van der Waals surface area contributed by atoms with Crippen LogP contribution in [0.5, 0.6) is 11.5 Å². The van der Waals surface area contributed by atoms with Crippen molar-refractivity contribution >= 4 is 17.6 Å². The fraction of sp³-hybridized carbons (Fsp3) is 0.364. The van der Waals surface area contributed by atoms with Gasteiger partial charge in [0, 0.05) is 18.9 Å². The van der Waals surface area contributed by atoms with Gasteiger partial charge in [-0.3, -0.25) is 4.79 Å². The van der Waals surface area contributed by atoms with Crippen molar-refractivity contribution in [1.29, 1.82) is 0 Å². The molecule has 7 nitrogen and oxygen atoms in total. The molecule has 7 heteroatoms. The van der Waals surface area contributed by atoms with Gasteiger partial charge < -0.3 is 24.4 Å². The van der Waals surface area contributed by atoms with Gasteiger partial charge in [0.05, 0.1) is 44.7 Å². The summed E-state index contributed by atoms with van der Waals surface area (Å²) in [7, 11) is 4.59. The molecule has 2 atom stereocenters. The van der Waals surface area contributed by atoms with E-state index in [1.165, 1.54) is 12.0 Å². The van der Waals surface area contributed by atoms with Gasteiger partial charge in [-0.2, -0.15) is 0 Å². The number of esters is 1. The van der Waals surface area contributed by atoms with Crippen molar-refractivity contribution in [3.8, 4) is 11.5 Å². The molecule has 1 fully saturated rings. The molecule has 1 saturated heterocycles. The molecule has 2 aromatic rings. The Labute approximate surface area is 170 Å². The van der Waals surface area contributed by atoms with Crippen molar-refractivity contribution < 1.29 is 28.7 Å². The maximum absolute atomic E-state index is 12.7. The molecule has 1 aliphatic rings. The Hall–Kier alpha value is -3.06. The molecule has 1 heterocycles. The number of ether oxygens (including phenoxy) is 3. The topological polar surface area (TPSA) is 78.3 Å². The summed E-state index contributed by atoms with van der Waals surface area (Å²) in [5.74, 6) is 0.887. The van der Waals surface area contributed by atoms with Gasteiger partial charge in [-0.25, -0.2) is 4.79 Å². The lowest BCUT2D eigenvalue weighted by molar-refractivity contribution is -0.910. The first-order valence-corrected chi connectivity index (χ1v) is 9.61. The minimum atomic E-state index is -0.477. The van der Waals surface area contributed by atoms with Gasteiger partial charge in [-0.05, 0) is 24.3 Å². The maximum atomic E-state index is 12.7. The van der Waals surface area contributed by atoms with Crippen LogP contribution in [-0.2, 0) is 9.53 Å². The zero-order chi connectivity index (χ0) is 20.8. The number of hydrogen-bond donors (Lipinski definition) is 2. The Balaban J connectivity index is 1.74. The Morgan fingerprint density at radius 2 is 1.90 bits per heavy atom. The van der Waals surface area contributed by atoms with Crippen molar-refractivity contribution in [2.75, 3.05) is 39.7 Å². The molecule has 0 bridgehead atoms. The number of para-hydroxylation sites is 1. The molecule has 0 aromatic heterocycles. The van der Waals surface area contributed by atoms with E-state index in [2.05, 4.69) is 5.32 Å². The SMILES string of the molecule is COC(=O)c1ccccc1NC(=O)C[NH+]1CCC[C@H]1c1ccc(OC)cc1OC. The molecule has 1 unspecified atom stereocenters. The minimum Gasteiger partial charge on any atom is -0.497 e. The molecule has 2 aromatic carbocycles. The monoisotopic (exact) mass is 399 g/mol. The van der Waals surface area contributed by atoms with Gasteiger partial charge in [0.15, 0.2) is 6.54 Å². The highest BCUT2D eigenvalue weighted by Gasteiger charge is 2.34. The summed E-state index contributed by atoms with van der Waals surface area (Å²) >= 11 is 0. The van der Waals surface area contributed by atoms with E-state index >= 15 is 0 Å². The standard InChI is InChI=1S/C22H26N2O5/c1-27-15-10-11-17(20(13-15)28-2)19-9-6-12-24(19)14-21(25)23-18-8-5-4-7-16(18)22(26)29-3/h4-5,7-8,10-11,13,19H,6,9,12,14H2,1-3H3,(H,23,25)/p+1/t19-/m0/s1. The lowest BCUT2D eigenvalue weighted by Crippen LogP contribution is -3.11. The van der Waals surface area contributed by atoms with Crippen LogP contribution in [0.25, 0.3) is 0 Å². The van der Waals surface area contributed by atoms with Crippen LogP contribution >= 0.6 is 0 Å². The van der Waals surface area contributed by atoms with Gasteiger partial charge in [-0.1, -0.05) is 12.1 Å². The maximum Gasteiger partial charge on any atom is 0.339 e. The highest BCUT2D eigenvalue weighted by Crippen LogP contribution is 2.31. The molecule has 1 aliphatic heterocycles. The number of carbonyl (C=O) groups excluding carboxylic acids is 2. The molecular formula is C22H27N2O5+. The summed E-state index contributed by atoms with van der Waals surface area (Å²) < 4.78 is 15.6. The van der Waals surface area contributed by atoms with Crippen molar-refractivity contribution in [3.63, 3.8) is 0 Å². The Bertz CT molecular complexity index is 883.